The third-order valence-corrected chi connectivity index (χ3v) is 5.55. The molecule has 0 bridgehead atoms. The fourth-order valence-electron chi connectivity index (χ4n) is 3.95. The standard InChI is InChI=1S/C22H36O8/c1-3-5-9-12-16-18(29-21(24)27-16)15-19-17(28-22(25)30-19)13-10-7-6-8-11-14-20(23)26-4-2/h16-19H,3-15H2,1-2H3. The smallest absolute Gasteiger partial charge is 0.466 e. The lowest BCUT2D eigenvalue weighted by atomic mass is 9.96. The van der Waals surface area contributed by atoms with E-state index in [-0.39, 0.29) is 18.2 Å². The predicted octanol–water partition coefficient (Wildman–Crippen LogP) is 5.06. The van der Waals surface area contributed by atoms with E-state index in [1.165, 1.54) is 0 Å². The number of hydrogen-bond acceptors (Lipinski definition) is 8. The minimum Gasteiger partial charge on any atom is -0.466 e. The van der Waals surface area contributed by atoms with Gasteiger partial charge in [-0.25, -0.2) is 9.59 Å². The molecule has 2 saturated heterocycles. The van der Waals surface area contributed by atoms with E-state index in [1.54, 1.807) is 6.92 Å². The molecule has 0 amide bonds. The molecule has 8 nitrogen and oxygen atoms in total. The van der Waals surface area contributed by atoms with Gasteiger partial charge in [0, 0.05) is 12.8 Å². The second-order valence-electron chi connectivity index (χ2n) is 7.97. The van der Waals surface area contributed by atoms with Gasteiger partial charge < -0.3 is 23.7 Å². The summed E-state index contributed by atoms with van der Waals surface area (Å²) in [6, 6.07) is 0. The highest BCUT2D eigenvalue weighted by molar-refractivity contribution is 5.69. The first-order chi connectivity index (χ1) is 14.5. The van der Waals surface area contributed by atoms with Crippen molar-refractivity contribution < 1.29 is 38.1 Å². The lowest BCUT2D eigenvalue weighted by Gasteiger charge is -2.20. The second-order valence-corrected chi connectivity index (χ2v) is 7.97. The lowest BCUT2D eigenvalue weighted by molar-refractivity contribution is -0.143. The molecule has 30 heavy (non-hydrogen) atoms. The average Bonchev–Trinajstić information content (AvgIpc) is 3.23. The number of hydrogen-bond donors (Lipinski definition) is 0. The fourth-order valence-corrected chi connectivity index (χ4v) is 3.95. The zero-order valence-electron chi connectivity index (χ0n) is 18.3. The molecular formula is C22H36O8. The van der Waals surface area contributed by atoms with Crippen molar-refractivity contribution in [3.63, 3.8) is 0 Å². The van der Waals surface area contributed by atoms with Crippen molar-refractivity contribution in [2.24, 2.45) is 0 Å². The molecule has 0 aromatic rings. The van der Waals surface area contributed by atoms with Crippen molar-refractivity contribution >= 4 is 18.3 Å². The maximum absolute atomic E-state index is 11.7. The minimum absolute atomic E-state index is 0.139. The Balaban J connectivity index is 1.67. The Morgan fingerprint density at radius 1 is 0.733 bits per heavy atom. The monoisotopic (exact) mass is 428 g/mol. The van der Waals surface area contributed by atoms with E-state index in [4.69, 9.17) is 23.7 Å². The van der Waals surface area contributed by atoms with Crippen molar-refractivity contribution in [2.75, 3.05) is 6.61 Å². The van der Waals surface area contributed by atoms with E-state index in [1.807, 2.05) is 0 Å². The van der Waals surface area contributed by atoms with Crippen LogP contribution in [0, 0.1) is 0 Å². The fraction of sp³-hybridized carbons (Fsp3) is 0.864. The molecule has 2 rings (SSSR count). The van der Waals surface area contributed by atoms with Gasteiger partial charge in [-0.2, -0.15) is 0 Å². The van der Waals surface area contributed by atoms with E-state index < -0.39 is 24.5 Å². The van der Waals surface area contributed by atoms with Crippen LogP contribution in [0.4, 0.5) is 9.59 Å². The maximum Gasteiger partial charge on any atom is 0.509 e. The highest BCUT2D eigenvalue weighted by Crippen LogP contribution is 2.30. The first-order valence-electron chi connectivity index (χ1n) is 11.4. The number of ether oxygens (including phenoxy) is 5. The third kappa shape index (κ3) is 8.40. The summed E-state index contributed by atoms with van der Waals surface area (Å²) in [5.74, 6) is -0.139. The quantitative estimate of drug-likeness (QED) is 0.203. The summed E-state index contributed by atoms with van der Waals surface area (Å²) in [4.78, 5) is 34.5. The number of cyclic esters (lactones) is 4. The van der Waals surface area contributed by atoms with Gasteiger partial charge in [-0.05, 0) is 39.0 Å². The van der Waals surface area contributed by atoms with Gasteiger partial charge >= 0.3 is 18.3 Å². The molecule has 172 valence electrons. The van der Waals surface area contributed by atoms with Crippen LogP contribution in [0.15, 0.2) is 0 Å². The highest BCUT2D eigenvalue weighted by atomic mass is 16.8. The predicted molar refractivity (Wildman–Crippen MR) is 108 cm³/mol. The molecule has 2 fully saturated rings. The van der Waals surface area contributed by atoms with Crippen molar-refractivity contribution in [1.29, 1.82) is 0 Å². The Morgan fingerprint density at radius 2 is 1.23 bits per heavy atom. The van der Waals surface area contributed by atoms with Gasteiger partial charge in [0.2, 0.25) is 0 Å². The first-order valence-corrected chi connectivity index (χ1v) is 11.4. The maximum atomic E-state index is 11.7. The number of carbonyl (C=O) groups excluding carboxylic acids is 3. The molecule has 0 aliphatic carbocycles. The summed E-state index contributed by atoms with van der Waals surface area (Å²) in [5.41, 5.74) is 0. The molecule has 4 unspecified atom stereocenters. The Bertz CT molecular complexity index is 549. The van der Waals surface area contributed by atoms with Gasteiger partial charge in [-0.3, -0.25) is 4.79 Å². The van der Waals surface area contributed by atoms with Crippen LogP contribution in [-0.2, 0) is 28.5 Å². The van der Waals surface area contributed by atoms with Crippen LogP contribution in [0.1, 0.15) is 90.9 Å². The highest BCUT2D eigenvalue weighted by Gasteiger charge is 2.44. The summed E-state index contributed by atoms with van der Waals surface area (Å²) < 4.78 is 26.2. The van der Waals surface area contributed by atoms with E-state index in [0.717, 1.165) is 57.8 Å². The summed E-state index contributed by atoms with van der Waals surface area (Å²) in [7, 11) is 0. The molecule has 2 aliphatic heterocycles. The van der Waals surface area contributed by atoms with Crippen molar-refractivity contribution in [1.82, 2.24) is 0 Å². The molecule has 4 atom stereocenters. The number of rotatable bonds is 15. The van der Waals surface area contributed by atoms with Crippen LogP contribution in [0.2, 0.25) is 0 Å². The number of esters is 1. The molecule has 0 radical (unpaired) electrons. The molecule has 0 aromatic carbocycles. The molecule has 0 spiro atoms. The zero-order valence-corrected chi connectivity index (χ0v) is 18.3. The molecule has 2 aliphatic rings. The second kappa shape index (κ2) is 13.3. The normalized spacial score (nSPS) is 25.4. The van der Waals surface area contributed by atoms with Crippen LogP contribution in [0.5, 0.6) is 0 Å². The van der Waals surface area contributed by atoms with Gasteiger partial charge in [-0.1, -0.05) is 39.0 Å². The van der Waals surface area contributed by atoms with E-state index in [9.17, 15) is 14.4 Å². The Labute approximate surface area is 178 Å². The zero-order chi connectivity index (χ0) is 21.8. The SMILES string of the molecule is CCCCCC1OC(=O)OC1CC1OC(=O)OC1CCCCCCCC(=O)OCC. The van der Waals surface area contributed by atoms with Gasteiger partial charge in [0.25, 0.3) is 0 Å². The largest absolute Gasteiger partial charge is 0.509 e. The Hall–Kier alpha value is -1.99. The summed E-state index contributed by atoms with van der Waals surface area (Å²) in [6.07, 6.45) is 7.41. The van der Waals surface area contributed by atoms with Crippen LogP contribution in [0.25, 0.3) is 0 Å². The van der Waals surface area contributed by atoms with E-state index in [0.29, 0.717) is 25.9 Å². The van der Waals surface area contributed by atoms with Gasteiger partial charge in [0.15, 0.2) is 0 Å². The summed E-state index contributed by atoms with van der Waals surface area (Å²) in [5, 5.41) is 0. The summed E-state index contributed by atoms with van der Waals surface area (Å²) in [6.45, 7) is 4.35. The molecule has 0 saturated carbocycles. The molecule has 0 N–H and O–H groups in total. The minimum atomic E-state index is -0.660. The van der Waals surface area contributed by atoms with Gasteiger partial charge in [-0.15, -0.1) is 0 Å². The lowest BCUT2D eigenvalue weighted by Crippen LogP contribution is -2.32. The van der Waals surface area contributed by atoms with Crippen LogP contribution < -0.4 is 0 Å². The average molecular weight is 429 g/mol. The van der Waals surface area contributed by atoms with Gasteiger partial charge in [0.1, 0.15) is 24.4 Å². The van der Waals surface area contributed by atoms with Crippen LogP contribution >= 0.6 is 0 Å². The third-order valence-electron chi connectivity index (χ3n) is 5.55. The van der Waals surface area contributed by atoms with Crippen molar-refractivity contribution in [2.45, 2.75) is 115 Å². The van der Waals surface area contributed by atoms with Gasteiger partial charge in [0.05, 0.1) is 6.61 Å². The first kappa shape index (κ1) is 24.3. The topological polar surface area (TPSA) is 97.4 Å². The number of unbranched alkanes of at least 4 members (excludes halogenated alkanes) is 6. The van der Waals surface area contributed by atoms with Crippen molar-refractivity contribution in [3.05, 3.63) is 0 Å². The molecule has 2 heterocycles. The molecular weight excluding hydrogens is 392 g/mol. The number of carbonyl (C=O) groups is 3. The molecule has 0 aromatic heterocycles. The summed E-state index contributed by atoms with van der Waals surface area (Å²) >= 11 is 0. The van der Waals surface area contributed by atoms with E-state index >= 15 is 0 Å². The van der Waals surface area contributed by atoms with E-state index in [2.05, 4.69) is 6.92 Å². The van der Waals surface area contributed by atoms with Crippen molar-refractivity contribution in [3.8, 4) is 0 Å². The van der Waals surface area contributed by atoms with Crippen LogP contribution in [0.3, 0.4) is 0 Å². The van der Waals surface area contributed by atoms with Crippen LogP contribution in [-0.4, -0.2) is 49.3 Å². The molecule has 8 heteroatoms. The Kier molecular flexibility index (Phi) is 10.8. The Morgan fingerprint density at radius 3 is 1.80 bits per heavy atom.